The number of carbonyl (C=O) groups is 2. The number of rotatable bonds is 10. The average Bonchev–Trinajstić information content (AvgIpc) is 2.85. The number of hydrogen-bond acceptors (Lipinski definition) is 7. The Balaban J connectivity index is 1.63. The molecule has 7 nitrogen and oxygen atoms in total. The standard InChI is InChI=1S/C25H38O7S/c1-30-33(28,29)23-17-21(24(26)31-14-12-19-8-4-2-5-9-19)16-22(18-23)25(27)32-15-13-20-10-6-3-7-11-20/h16-20,28-29H,2-15H2,1H3. The summed E-state index contributed by atoms with van der Waals surface area (Å²) < 4.78 is 36.1. The SMILES string of the molecule is COS(O)(O)c1cc(C(=O)OCCC2CCCCC2)cc(C(=O)OCCC2CCCCC2)c1. The quantitative estimate of drug-likeness (QED) is 0.362. The number of carbonyl (C=O) groups excluding carboxylic acids is 2. The van der Waals surface area contributed by atoms with E-state index < -0.39 is 22.8 Å². The van der Waals surface area contributed by atoms with Gasteiger partial charge in [0, 0.05) is 0 Å². The maximum absolute atomic E-state index is 12.7. The summed E-state index contributed by atoms with van der Waals surface area (Å²) in [7, 11) is -2.44. The zero-order chi connectivity index (χ0) is 23.7. The minimum atomic E-state index is -3.60. The summed E-state index contributed by atoms with van der Waals surface area (Å²) in [6.45, 7) is 0.602. The van der Waals surface area contributed by atoms with Crippen LogP contribution in [0.15, 0.2) is 23.1 Å². The van der Waals surface area contributed by atoms with E-state index in [4.69, 9.17) is 13.7 Å². The van der Waals surface area contributed by atoms with Gasteiger partial charge in [-0.25, -0.2) is 9.59 Å². The highest BCUT2D eigenvalue weighted by atomic mass is 32.3. The predicted octanol–water partition coefficient (Wildman–Crippen LogP) is 6.61. The molecule has 2 N–H and O–H groups in total. The van der Waals surface area contributed by atoms with Crippen molar-refractivity contribution in [2.75, 3.05) is 20.3 Å². The van der Waals surface area contributed by atoms with E-state index >= 15 is 0 Å². The van der Waals surface area contributed by atoms with E-state index in [-0.39, 0.29) is 16.0 Å². The van der Waals surface area contributed by atoms with Gasteiger partial charge in [0.05, 0.1) is 36.3 Å². The second-order valence-electron chi connectivity index (χ2n) is 9.27. The van der Waals surface area contributed by atoms with Crippen LogP contribution in [0.4, 0.5) is 0 Å². The Bertz CT molecular complexity index is 729. The summed E-state index contributed by atoms with van der Waals surface area (Å²) in [5.41, 5.74) is 0.153. The summed E-state index contributed by atoms with van der Waals surface area (Å²) in [4.78, 5) is 25.3. The zero-order valence-corrected chi connectivity index (χ0v) is 20.4. The van der Waals surface area contributed by atoms with Gasteiger partial charge >= 0.3 is 11.9 Å². The topological polar surface area (TPSA) is 102 Å². The third-order valence-corrected chi connectivity index (χ3v) is 8.20. The van der Waals surface area contributed by atoms with Gasteiger partial charge in [-0.1, -0.05) is 64.2 Å². The Kier molecular flexibility index (Phi) is 10.0. The minimum absolute atomic E-state index is 0.0500. The monoisotopic (exact) mass is 482 g/mol. The zero-order valence-electron chi connectivity index (χ0n) is 19.6. The van der Waals surface area contributed by atoms with Crippen LogP contribution in [0, 0.1) is 11.8 Å². The third-order valence-electron chi connectivity index (χ3n) is 6.89. The fraction of sp³-hybridized carbons (Fsp3) is 0.680. The normalized spacial score (nSPS) is 18.6. The van der Waals surface area contributed by atoms with Crippen LogP contribution in [0.25, 0.3) is 0 Å². The second-order valence-corrected chi connectivity index (χ2v) is 11.1. The lowest BCUT2D eigenvalue weighted by molar-refractivity contribution is 0.0473. The molecule has 1 aromatic carbocycles. The fourth-order valence-electron chi connectivity index (χ4n) is 4.84. The lowest BCUT2D eigenvalue weighted by atomic mass is 9.87. The van der Waals surface area contributed by atoms with Crippen LogP contribution in [0.1, 0.15) is 97.8 Å². The van der Waals surface area contributed by atoms with Crippen LogP contribution < -0.4 is 0 Å². The van der Waals surface area contributed by atoms with Crippen LogP contribution in [-0.2, 0) is 13.7 Å². The number of ether oxygens (including phenoxy) is 2. The lowest BCUT2D eigenvalue weighted by Gasteiger charge is -2.25. The highest BCUT2D eigenvalue weighted by molar-refractivity contribution is 8.20. The summed E-state index contributed by atoms with van der Waals surface area (Å²) >= 11 is 0. The van der Waals surface area contributed by atoms with Gasteiger partial charge in [0.2, 0.25) is 0 Å². The van der Waals surface area contributed by atoms with E-state index in [0.717, 1.165) is 20.0 Å². The first-order valence-corrected chi connectivity index (χ1v) is 13.7. The highest BCUT2D eigenvalue weighted by Gasteiger charge is 2.25. The summed E-state index contributed by atoms with van der Waals surface area (Å²) in [6, 6.07) is 4.00. The van der Waals surface area contributed by atoms with Crippen molar-refractivity contribution in [3.8, 4) is 0 Å². The third kappa shape index (κ3) is 7.98. The molecule has 0 heterocycles. The Hall–Kier alpha value is -1.61. The first kappa shape index (κ1) is 26.0. The summed E-state index contributed by atoms with van der Waals surface area (Å²) in [6.07, 6.45) is 13.7. The Labute approximate surface area is 198 Å². The van der Waals surface area contributed by atoms with Gasteiger partial charge in [-0.05, 0) is 42.9 Å². The van der Waals surface area contributed by atoms with Crippen molar-refractivity contribution >= 4 is 22.8 Å². The molecule has 0 atom stereocenters. The molecule has 2 aliphatic rings. The van der Waals surface area contributed by atoms with Gasteiger partial charge in [0.15, 0.2) is 0 Å². The molecule has 0 saturated heterocycles. The van der Waals surface area contributed by atoms with Gasteiger partial charge in [-0.15, -0.1) is 0 Å². The summed E-state index contributed by atoms with van der Waals surface area (Å²) in [5.74, 6) is -0.0495. The molecule has 1 aromatic rings. The van der Waals surface area contributed by atoms with E-state index in [2.05, 4.69) is 0 Å². The van der Waals surface area contributed by atoms with E-state index in [1.54, 1.807) is 0 Å². The van der Waals surface area contributed by atoms with Crippen LogP contribution in [0.2, 0.25) is 0 Å². The molecule has 0 aliphatic heterocycles. The molecule has 0 radical (unpaired) electrons. The van der Waals surface area contributed by atoms with Crippen LogP contribution >= 0.6 is 10.9 Å². The van der Waals surface area contributed by atoms with E-state index in [1.165, 1.54) is 82.4 Å². The maximum Gasteiger partial charge on any atom is 0.338 e. The second kappa shape index (κ2) is 12.7. The molecule has 0 aromatic heterocycles. The van der Waals surface area contributed by atoms with Gasteiger partial charge in [-0.3, -0.25) is 4.18 Å². The molecule has 8 heteroatoms. The molecule has 2 fully saturated rings. The lowest BCUT2D eigenvalue weighted by Crippen LogP contribution is -2.15. The first-order chi connectivity index (χ1) is 15.9. The average molecular weight is 483 g/mol. The fourth-order valence-corrected chi connectivity index (χ4v) is 5.59. The molecule has 0 bridgehead atoms. The molecule has 2 saturated carbocycles. The predicted molar refractivity (Wildman–Crippen MR) is 128 cm³/mol. The Morgan fingerprint density at radius 2 is 1.21 bits per heavy atom. The van der Waals surface area contributed by atoms with Crippen molar-refractivity contribution < 1.29 is 32.4 Å². The van der Waals surface area contributed by atoms with Crippen molar-refractivity contribution in [2.45, 2.75) is 81.9 Å². The van der Waals surface area contributed by atoms with Crippen molar-refractivity contribution in [2.24, 2.45) is 11.8 Å². The maximum atomic E-state index is 12.7. The minimum Gasteiger partial charge on any atom is -0.462 e. The first-order valence-electron chi connectivity index (χ1n) is 12.2. The van der Waals surface area contributed by atoms with E-state index in [9.17, 15) is 18.7 Å². The number of hydrogen-bond donors (Lipinski definition) is 2. The van der Waals surface area contributed by atoms with Crippen molar-refractivity contribution in [1.82, 2.24) is 0 Å². The smallest absolute Gasteiger partial charge is 0.338 e. The van der Waals surface area contributed by atoms with Crippen LogP contribution in [0.5, 0.6) is 0 Å². The summed E-state index contributed by atoms with van der Waals surface area (Å²) in [5, 5.41) is 0. The molecular weight excluding hydrogens is 444 g/mol. The van der Waals surface area contributed by atoms with E-state index in [1.807, 2.05) is 0 Å². The molecule has 33 heavy (non-hydrogen) atoms. The molecule has 3 rings (SSSR count). The van der Waals surface area contributed by atoms with Gasteiger partial charge < -0.3 is 18.6 Å². The van der Waals surface area contributed by atoms with Crippen molar-refractivity contribution in [3.05, 3.63) is 29.3 Å². The van der Waals surface area contributed by atoms with Crippen LogP contribution in [-0.4, -0.2) is 41.4 Å². The number of esters is 2. The van der Waals surface area contributed by atoms with Gasteiger partial charge in [0.25, 0.3) is 0 Å². The molecule has 0 amide bonds. The van der Waals surface area contributed by atoms with Crippen molar-refractivity contribution in [3.63, 3.8) is 0 Å². The number of benzene rings is 1. The molecular formula is C25H38O7S. The Morgan fingerprint density at radius 3 is 1.61 bits per heavy atom. The largest absolute Gasteiger partial charge is 0.462 e. The van der Waals surface area contributed by atoms with Gasteiger partial charge in [-0.2, -0.15) is 0 Å². The van der Waals surface area contributed by atoms with E-state index in [0.29, 0.717) is 25.0 Å². The van der Waals surface area contributed by atoms with Crippen LogP contribution in [0.3, 0.4) is 0 Å². The molecule has 0 unspecified atom stereocenters. The highest BCUT2D eigenvalue weighted by Crippen LogP contribution is 2.48. The van der Waals surface area contributed by atoms with Crippen molar-refractivity contribution in [1.29, 1.82) is 0 Å². The molecule has 0 spiro atoms. The molecule has 2 aliphatic carbocycles. The Morgan fingerprint density at radius 1 is 0.788 bits per heavy atom. The molecule has 186 valence electrons. The van der Waals surface area contributed by atoms with Gasteiger partial charge in [0.1, 0.15) is 10.9 Å².